The van der Waals surface area contributed by atoms with Gasteiger partial charge in [0.1, 0.15) is 5.75 Å². The van der Waals surface area contributed by atoms with Gasteiger partial charge in [-0.3, -0.25) is 4.98 Å². The highest BCUT2D eigenvalue weighted by molar-refractivity contribution is 7.86. The van der Waals surface area contributed by atoms with Gasteiger partial charge in [0.05, 0.1) is 18.8 Å². The minimum atomic E-state index is -3.45. The predicted octanol–water partition coefficient (Wildman–Crippen LogP) is 2.62. The van der Waals surface area contributed by atoms with Gasteiger partial charge < -0.3 is 4.74 Å². The smallest absolute Gasteiger partial charge is 0.282 e. The Balaban J connectivity index is 1.87. The van der Waals surface area contributed by atoms with Gasteiger partial charge in [0.2, 0.25) is 0 Å². The maximum atomic E-state index is 12.6. The van der Waals surface area contributed by atoms with E-state index in [-0.39, 0.29) is 6.04 Å². The SMILES string of the molecule is COc1ccccc1Cc1cccc([C@@H]2CCCN2S(=O)(=O)N(C)C)n1. The zero-order chi connectivity index (χ0) is 18.7. The zero-order valence-electron chi connectivity index (χ0n) is 15.4. The number of nitrogens with zero attached hydrogens (tertiary/aromatic N) is 3. The summed E-state index contributed by atoms with van der Waals surface area (Å²) < 4.78 is 33.4. The van der Waals surface area contributed by atoms with E-state index in [1.165, 1.54) is 4.31 Å². The van der Waals surface area contributed by atoms with Crippen LogP contribution in [0.5, 0.6) is 5.75 Å². The number of benzene rings is 1. The number of para-hydroxylation sites is 1. The summed E-state index contributed by atoms with van der Waals surface area (Å²) in [7, 11) is 1.34. The first-order valence-electron chi connectivity index (χ1n) is 8.70. The molecule has 0 radical (unpaired) electrons. The Morgan fingerprint density at radius 1 is 1.19 bits per heavy atom. The highest BCUT2D eigenvalue weighted by atomic mass is 32.2. The number of methoxy groups -OCH3 is 1. The Labute approximate surface area is 155 Å². The maximum Gasteiger partial charge on any atom is 0.282 e. The summed E-state index contributed by atoms with van der Waals surface area (Å²) in [5.41, 5.74) is 2.77. The highest BCUT2D eigenvalue weighted by Gasteiger charge is 2.37. The van der Waals surface area contributed by atoms with E-state index >= 15 is 0 Å². The molecule has 26 heavy (non-hydrogen) atoms. The Bertz CT molecular complexity index is 868. The van der Waals surface area contributed by atoms with Crippen molar-refractivity contribution in [1.82, 2.24) is 13.6 Å². The lowest BCUT2D eigenvalue weighted by molar-refractivity contribution is 0.357. The van der Waals surface area contributed by atoms with Crippen LogP contribution in [0.1, 0.15) is 35.8 Å². The molecule has 1 aliphatic heterocycles. The predicted molar refractivity (Wildman–Crippen MR) is 101 cm³/mol. The minimum absolute atomic E-state index is 0.208. The fraction of sp³-hybridized carbons (Fsp3) is 0.421. The summed E-state index contributed by atoms with van der Waals surface area (Å²) in [4.78, 5) is 4.77. The third-order valence-electron chi connectivity index (χ3n) is 4.70. The molecule has 0 aliphatic carbocycles. The van der Waals surface area contributed by atoms with Crippen LogP contribution < -0.4 is 4.74 Å². The van der Waals surface area contributed by atoms with Crippen LogP contribution in [0.4, 0.5) is 0 Å². The number of rotatable bonds is 6. The molecular formula is C19H25N3O3S. The third-order valence-corrected chi connectivity index (χ3v) is 6.65. The van der Waals surface area contributed by atoms with Gasteiger partial charge in [-0.2, -0.15) is 17.0 Å². The molecule has 0 N–H and O–H groups in total. The van der Waals surface area contributed by atoms with E-state index in [0.29, 0.717) is 13.0 Å². The van der Waals surface area contributed by atoms with Crippen molar-refractivity contribution in [2.45, 2.75) is 25.3 Å². The molecule has 1 aliphatic rings. The Morgan fingerprint density at radius 3 is 2.69 bits per heavy atom. The summed E-state index contributed by atoms with van der Waals surface area (Å²) >= 11 is 0. The number of ether oxygens (including phenoxy) is 1. The molecule has 2 heterocycles. The van der Waals surface area contributed by atoms with Gasteiger partial charge in [-0.1, -0.05) is 24.3 Å². The highest BCUT2D eigenvalue weighted by Crippen LogP contribution is 2.34. The van der Waals surface area contributed by atoms with Crippen LogP contribution in [-0.2, 0) is 16.6 Å². The molecule has 0 amide bonds. The topological polar surface area (TPSA) is 62.7 Å². The fourth-order valence-electron chi connectivity index (χ4n) is 3.35. The van der Waals surface area contributed by atoms with E-state index in [2.05, 4.69) is 0 Å². The van der Waals surface area contributed by atoms with Crippen LogP contribution in [0.15, 0.2) is 42.5 Å². The molecule has 6 nitrogen and oxygen atoms in total. The fourth-order valence-corrected chi connectivity index (χ4v) is 4.66. The molecular weight excluding hydrogens is 350 g/mol. The van der Waals surface area contributed by atoms with Gasteiger partial charge in [0.25, 0.3) is 10.2 Å². The lowest BCUT2D eigenvalue weighted by atomic mass is 10.1. The monoisotopic (exact) mass is 375 g/mol. The zero-order valence-corrected chi connectivity index (χ0v) is 16.2. The Morgan fingerprint density at radius 2 is 1.96 bits per heavy atom. The van der Waals surface area contributed by atoms with Crippen LogP contribution in [0.2, 0.25) is 0 Å². The van der Waals surface area contributed by atoms with Gasteiger partial charge in [0, 0.05) is 38.3 Å². The van der Waals surface area contributed by atoms with Crippen LogP contribution in [-0.4, -0.2) is 49.8 Å². The van der Waals surface area contributed by atoms with E-state index in [9.17, 15) is 8.42 Å². The standard InChI is InChI=1S/C19H25N3O3S/c1-21(2)26(23,24)22-13-7-11-18(22)17-10-6-9-16(20-17)14-15-8-4-5-12-19(15)25-3/h4-6,8-10,12,18H,7,11,13-14H2,1-3H3/t18-/m0/s1. The number of pyridine rings is 1. The largest absolute Gasteiger partial charge is 0.496 e. The summed E-state index contributed by atoms with van der Waals surface area (Å²) in [6.45, 7) is 0.531. The van der Waals surface area contributed by atoms with Crippen LogP contribution in [0.3, 0.4) is 0 Å². The molecule has 140 valence electrons. The molecule has 0 unspecified atom stereocenters. The number of hydrogen-bond acceptors (Lipinski definition) is 4. The van der Waals surface area contributed by atoms with Gasteiger partial charge in [-0.15, -0.1) is 0 Å². The van der Waals surface area contributed by atoms with E-state index in [1.807, 2.05) is 42.5 Å². The van der Waals surface area contributed by atoms with E-state index in [1.54, 1.807) is 25.5 Å². The first kappa shape index (κ1) is 18.8. The summed E-state index contributed by atoms with van der Waals surface area (Å²) in [5, 5.41) is 0. The summed E-state index contributed by atoms with van der Waals surface area (Å²) in [5.74, 6) is 0.831. The second kappa shape index (κ2) is 7.73. The van der Waals surface area contributed by atoms with Crippen LogP contribution in [0.25, 0.3) is 0 Å². The molecule has 1 fully saturated rings. The molecule has 3 rings (SSSR count). The van der Waals surface area contributed by atoms with Gasteiger partial charge in [0.15, 0.2) is 0 Å². The molecule has 0 bridgehead atoms. The average Bonchev–Trinajstić information content (AvgIpc) is 3.13. The Kier molecular flexibility index (Phi) is 5.60. The van der Waals surface area contributed by atoms with Crippen molar-refractivity contribution in [2.75, 3.05) is 27.7 Å². The van der Waals surface area contributed by atoms with E-state index in [0.717, 1.165) is 35.5 Å². The van der Waals surface area contributed by atoms with Crippen molar-refractivity contribution in [3.8, 4) is 5.75 Å². The third kappa shape index (κ3) is 3.75. The molecule has 1 saturated heterocycles. The van der Waals surface area contributed by atoms with Crippen molar-refractivity contribution in [3.63, 3.8) is 0 Å². The van der Waals surface area contributed by atoms with Crippen LogP contribution >= 0.6 is 0 Å². The van der Waals surface area contributed by atoms with Crippen molar-refractivity contribution in [2.24, 2.45) is 0 Å². The van der Waals surface area contributed by atoms with Gasteiger partial charge >= 0.3 is 0 Å². The average molecular weight is 375 g/mol. The number of hydrogen-bond donors (Lipinski definition) is 0. The van der Waals surface area contributed by atoms with Crippen molar-refractivity contribution >= 4 is 10.2 Å². The molecule has 1 aromatic heterocycles. The number of aromatic nitrogens is 1. The lowest BCUT2D eigenvalue weighted by Crippen LogP contribution is -2.39. The quantitative estimate of drug-likeness (QED) is 0.779. The molecule has 0 spiro atoms. The second-order valence-corrected chi connectivity index (χ2v) is 8.70. The van der Waals surface area contributed by atoms with Crippen molar-refractivity contribution < 1.29 is 13.2 Å². The molecule has 7 heteroatoms. The molecule has 2 aromatic rings. The summed E-state index contributed by atoms with van der Waals surface area (Å²) in [6.07, 6.45) is 2.28. The van der Waals surface area contributed by atoms with Gasteiger partial charge in [-0.05, 0) is 31.0 Å². The normalized spacial score (nSPS) is 18.4. The first-order chi connectivity index (χ1) is 12.4. The van der Waals surface area contributed by atoms with E-state index < -0.39 is 10.2 Å². The first-order valence-corrected chi connectivity index (χ1v) is 10.1. The summed E-state index contributed by atoms with van der Waals surface area (Å²) in [6, 6.07) is 13.5. The molecule has 0 saturated carbocycles. The molecule has 1 aromatic carbocycles. The van der Waals surface area contributed by atoms with E-state index in [4.69, 9.17) is 9.72 Å². The van der Waals surface area contributed by atoms with Crippen LogP contribution in [0, 0.1) is 0 Å². The molecule has 1 atom stereocenters. The van der Waals surface area contributed by atoms with Crippen molar-refractivity contribution in [1.29, 1.82) is 0 Å². The Hall–Kier alpha value is -1.96. The second-order valence-electron chi connectivity index (χ2n) is 6.60. The lowest BCUT2D eigenvalue weighted by Gasteiger charge is -2.26. The minimum Gasteiger partial charge on any atom is -0.496 e. The van der Waals surface area contributed by atoms with Crippen molar-refractivity contribution in [3.05, 3.63) is 59.4 Å². The van der Waals surface area contributed by atoms with Gasteiger partial charge in [-0.25, -0.2) is 0 Å². The maximum absolute atomic E-state index is 12.6.